The second-order valence-electron chi connectivity index (χ2n) is 5.19. The number of nitrogens with one attached hydrogen (secondary N) is 1. The van der Waals surface area contributed by atoms with Crippen molar-refractivity contribution >= 4 is 5.82 Å². The van der Waals surface area contributed by atoms with E-state index in [2.05, 4.69) is 35.1 Å². The zero-order chi connectivity index (χ0) is 13.0. The van der Waals surface area contributed by atoms with Crippen molar-refractivity contribution in [2.75, 3.05) is 18.1 Å². The zero-order valence-corrected chi connectivity index (χ0v) is 11.3. The molecule has 2 N–H and O–H groups in total. The highest BCUT2D eigenvalue weighted by Gasteiger charge is 2.26. The van der Waals surface area contributed by atoms with Gasteiger partial charge in [0.2, 0.25) is 0 Å². The molecule has 0 amide bonds. The molecule has 0 aliphatic carbocycles. The van der Waals surface area contributed by atoms with E-state index in [0.717, 1.165) is 31.7 Å². The molecule has 0 aromatic carbocycles. The third-order valence-corrected chi connectivity index (χ3v) is 3.43. The molecular formula is C14H23N3O. The first-order valence-corrected chi connectivity index (χ1v) is 6.77. The summed E-state index contributed by atoms with van der Waals surface area (Å²) in [4.78, 5) is 6.76. The average molecular weight is 249 g/mol. The van der Waals surface area contributed by atoms with Gasteiger partial charge in [0.1, 0.15) is 5.82 Å². The molecule has 1 aromatic rings. The fraction of sp³-hybridized carbons (Fsp3) is 0.643. The topological polar surface area (TPSA) is 48.4 Å². The predicted octanol–water partition coefficient (Wildman–Crippen LogP) is 1.54. The minimum Gasteiger partial charge on any atom is -0.394 e. The maximum Gasteiger partial charge on any atom is 0.133 e. The largest absolute Gasteiger partial charge is 0.394 e. The molecule has 1 atom stereocenters. The Morgan fingerprint density at radius 3 is 3.11 bits per heavy atom. The van der Waals surface area contributed by atoms with E-state index in [-0.39, 0.29) is 12.6 Å². The summed E-state index contributed by atoms with van der Waals surface area (Å²) < 4.78 is 0. The third-order valence-electron chi connectivity index (χ3n) is 3.43. The molecule has 4 heteroatoms. The molecule has 4 nitrogen and oxygen atoms in total. The standard InChI is InChI=1S/C14H23N3O/c1-11(2)16-9-12-5-3-7-15-14(12)17-8-4-6-13(17)10-18/h3,5,7,11,13,16,18H,4,6,8-10H2,1-2H3. The average Bonchev–Trinajstić information content (AvgIpc) is 2.84. The number of aromatic nitrogens is 1. The summed E-state index contributed by atoms with van der Waals surface area (Å²) >= 11 is 0. The van der Waals surface area contributed by atoms with Crippen LogP contribution in [-0.2, 0) is 6.54 Å². The Labute approximate surface area is 109 Å². The van der Waals surface area contributed by atoms with Crippen LogP contribution in [-0.4, -0.2) is 35.3 Å². The molecule has 2 rings (SSSR count). The molecule has 1 fully saturated rings. The van der Waals surface area contributed by atoms with E-state index in [0.29, 0.717) is 6.04 Å². The van der Waals surface area contributed by atoms with E-state index in [9.17, 15) is 5.11 Å². The molecule has 1 aliphatic heterocycles. The Hall–Kier alpha value is -1.13. The van der Waals surface area contributed by atoms with Crippen molar-refractivity contribution < 1.29 is 5.11 Å². The summed E-state index contributed by atoms with van der Waals surface area (Å²) in [5.41, 5.74) is 1.21. The van der Waals surface area contributed by atoms with Crippen LogP contribution < -0.4 is 10.2 Å². The fourth-order valence-corrected chi connectivity index (χ4v) is 2.45. The van der Waals surface area contributed by atoms with Crippen molar-refractivity contribution in [2.45, 2.75) is 45.3 Å². The third kappa shape index (κ3) is 3.00. The molecule has 1 aliphatic rings. The Bertz CT molecular complexity index is 381. The predicted molar refractivity (Wildman–Crippen MR) is 73.7 cm³/mol. The van der Waals surface area contributed by atoms with E-state index in [1.54, 1.807) is 0 Å². The number of pyridine rings is 1. The van der Waals surface area contributed by atoms with Crippen LogP contribution in [0.25, 0.3) is 0 Å². The van der Waals surface area contributed by atoms with Gasteiger partial charge in [-0.15, -0.1) is 0 Å². The number of anilines is 1. The van der Waals surface area contributed by atoms with Crippen LogP contribution >= 0.6 is 0 Å². The van der Waals surface area contributed by atoms with Gasteiger partial charge in [-0.3, -0.25) is 0 Å². The number of aliphatic hydroxyl groups is 1. The van der Waals surface area contributed by atoms with Crippen molar-refractivity contribution in [2.24, 2.45) is 0 Å². The summed E-state index contributed by atoms with van der Waals surface area (Å²) in [6.07, 6.45) is 4.03. The summed E-state index contributed by atoms with van der Waals surface area (Å²) in [6, 6.07) is 4.79. The zero-order valence-electron chi connectivity index (χ0n) is 11.3. The summed E-state index contributed by atoms with van der Waals surface area (Å²) in [6.45, 7) is 6.32. The van der Waals surface area contributed by atoms with E-state index >= 15 is 0 Å². The molecule has 1 aromatic heterocycles. The van der Waals surface area contributed by atoms with E-state index < -0.39 is 0 Å². The molecule has 0 radical (unpaired) electrons. The lowest BCUT2D eigenvalue weighted by atomic mass is 10.2. The maximum absolute atomic E-state index is 9.42. The van der Waals surface area contributed by atoms with Gasteiger partial charge in [-0.2, -0.15) is 0 Å². The van der Waals surface area contributed by atoms with Gasteiger partial charge < -0.3 is 15.3 Å². The number of hydrogen-bond acceptors (Lipinski definition) is 4. The molecule has 1 saturated heterocycles. The smallest absolute Gasteiger partial charge is 0.133 e. The Kier molecular flexibility index (Phi) is 4.55. The van der Waals surface area contributed by atoms with E-state index in [1.807, 2.05) is 12.3 Å². The lowest BCUT2D eigenvalue weighted by molar-refractivity contribution is 0.266. The van der Waals surface area contributed by atoms with Crippen molar-refractivity contribution in [1.29, 1.82) is 0 Å². The second-order valence-corrected chi connectivity index (χ2v) is 5.19. The highest BCUT2D eigenvalue weighted by Crippen LogP contribution is 2.26. The van der Waals surface area contributed by atoms with E-state index in [4.69, 9.17) is 0 Å². The summed E-state index contributed by atoms with van der Waals surface area (Å²) in [5.74, 6) is 1.03. The number of nitrogens with zero attached hydrogens (tertiary/aromatic N) is 2. The molecular weight excluding hydrogens is 226 g/mol. The lowest BCUT2D eigenvalue weighted by Crippen LogP contribution is -2.34. The molecule has 0 bridgehead atoms. The Balaban J connectivity index is 2.16. The minimum atomic E-state index is 0.216. The van der Waals surface area contributed by atoms with Gasteiger partial charge in [-0.1, -0.05) is 19.9 Å². The molecule has 2 heterocycles. The van der Waals surface area contributed by atoms with Crippen molar-refractivity contribution in [3.63, 3.8) is 0 Å². The highest BCUT2D eigenvalue weighted by atomic mass is 16.3. The van der Waals surface area contributed by atoms with Crippen LogP contribution in [0.2, 0.25) is 0 Å². The van der Waals surface area contributed by atoms with Gasteiger partial charge in [0.25, 0.3) is 0 Å². The van der Waals surface area contributed by atoms with Crippen LogP contribution in [0.3, 0.4) is 0 Å². The second kappa shape index (κ2) is 6.16. The first-order chi connectivity index (χ1) is 8.72. The van der Waals surface area contributed by atoms with Crippen molar-refractivity contribution in [3.8, 4) is 0 Å². The SMILES string of the molecule is CC(C)NCc1cccnc1N1CCCC1CO. The van der Waals surface area contributed by atoms with Crippen LogP contribution in [0.4, 0.5) is 5.82 Å². The van der Waals surface area contributed by atoms with Gasteiger partial charge in [0.15, 0.2) is 0 Å². The Morgan fingerprint density at radius 1 is 1.56 bits per heavy atom. The Morgan fingerprint density at radius 2 is 2.39 bits per heavy atom. The molecule has 1 unspecified atom stereocenters. The van der Waals surface area contributed by atoms with Crippen LogP contribution in [0.1, 0.15) is 32.3 Å². The van der Waals surface area contributed by atoms with Crippen LogP contribution in [0.15, 0.2) is 18.3 Å². The molecule has 100 valence electrons. The van der Waals surface area contributed by atoms with Gasteiger partial charge >= 0.3 is 0 Å². The van der Waals surface area contributed by atoms with Gasteiger partial charge in [-0.05, 0) is 18.9 Å². The number of rotatable bonds is 5. The minimum absolute atomic E-state index is 0.216. The normalized spacial score (nSPS) is 19.8. The van der Waals surface area contributed by atoms with Gasteiger partial charge in [0.05, 0.1) is 12.6 Å². The van der Waals surface area contributed by atoms with Crippen LogP contribution in [0.5, 0.6) is 0 Å². The van der Waals surface area contributed by atoms with Crippen molar-refractivity contribution in [3.05, 3.63) is 23.9 Å². The van der Waals surface area contributed by atoms with E-state index in [1.165, 1.54) is 5.56 Å². The van der Waals surface area contributed by atoms with Gasteiger partial charge in [0, 0.05) is 30.9 Å². The quantitative estimate of drug-likeness (QED) is 0.831. The molecule has 18 heavy (non-hydrogen) atoms. The highest BCUT2D eigenvalue weighted by molar-refractivity contribution is 5.48. The van der Waals surface area contributed by atoms with Crippen molar-refractivity contribution in [1.82, 2.24) is 10.3 Å². The molecule has 0 spiro atoms. The number of hydrogen-bond donors (Lipinski definition) is 2. The summed E-state index contributed by atoms with van der Waals surface area (Å²) in [7, 11) is 0. The summed E-state index contributed by atoms with van der Waals surface area (Å²) in [5, 5.41) is 12.9. The monoisotopic (exact) mass is 249 g/mol. The maximum atomic E-state index is 9.42. The van der Waals surface area contributed by atoms with Crippen LogP contribution in [0, 0.1) is 0 Å². The number of aliphatic hydroxyl groups excluding tert-OH is 1. The molecule has 0 saturated carbocycles. The lowest BCUT2D eigenvalue weighted by Gasteiger charge is -2.26. The first-order valence-electron chi connectivity index (χ1n) is 6.77. The first kappa shape index (κ1) is 13.3. The fourth-order valence-electron chi connectivity index (χ4n) is 2.45. The van der Waals surface area contributed by atoms with Gasteiger partial charge in [-0.25, -0.2) is 4.98 Å².